The molecule has 0 heterocycles. The van der Waals surface area contributed by atoms with E-state index in [0.717, 1.165) is 12.0 Å². The fraction of sp³-hybridized carbons (Fsp3) is 0.333. The molecule has 1 nitrogen and oxygen atoms in total. The van der Waals surface area contributed by atoms with Crippen molar-refractivity contribution in [3.63, 3.8) is 0 Å². The lowest BCUT2D eigenvalue weighted by molar-refractivity contribution is 0.271. The molecule has 1 aliphatic carbocycles. The summed E-state index contributed by atoms with van der Waals surface area (Å²) in [6, 6.07) is 6.43. The van der Waals surface area contributed by atoms with E-state index in [4.69, 9.17) is 5.11 Å². The predicted octanol–water partition coefficient (Wildman–Crippen LogP) is 1.67. The van der Waals surface area contributed by atoms with Gasteiger partial charge in [-0.1, -0.05) is 12.1 Å². The molecule has 1 N–H and O–H groups in total. The smallest absolute Gasteiger partial charge is 0.123 e. The van der Waals surface area contributed by atoms with Crippen molar-refractivity contribution in [3.8, 4) is 0 Å². The highest BCUT2D eigenvalue weighted by Crippen LogP contribution is 2.40. The Morgan fingerprint density at radius 1 is 1.45 bits per heavy atom. The van der Waals surface area contributed by atoms with Gasteiger partial charge in [0, 0.05) is 5.92 Å². The lowest BCUT2D eigenvalue weighted by Gasteiger charge is -1.96. The zero-order valence-corrected chi connectivity index (χ0v) is 6.00. The Kier molecular flexibility index (Phi) is 1.43. The van der Waals surface area contributed by atoms with Gasteiger partial charge < -0.3 is 5.11 Å². The molecule has 11 heavy (non-hydrogen) atoms. The number of rotatable bonds is 1. The summed E-state index contributed by atoms with van der Waals surface area (Å²) < 4.78 is 12.6. The van der Waals surface area contributed by atoms with Gasteiger partial charge in [0.2, 0.25) is 0 Å². The van der Waals surface area contributed by atoms with Crippen molar-refractivity contribution in [2.45, 2.75) is 18.4 Å². The third kappa shape index (κ3) is 1.26. The SMILES string of the molecule is OC1CC1c1cccc(F)c1. The molecule has 0 saturated heterocycles. The Morgan fingerprint density at radius 3 is 2.73 bits per heavy atom. The number of halogens is 1. The molecule has 2 rings (SSSR count). The highest BCUT2D eigenvalue weighted by atomic mass is 19.1. The number of aliphatic hydroxyl groups is 1. The van der Waals surface area contributed by atoms with E-state index in [1.807, 2.05) is 6.07 Å². The Hall–Kier alpha value is -0.890. The van der Waals surface area contributed by atoms with Crippen LogP contribution >= 0.6 is 0 Å². The summed E-state index contributed by atoms with van der Waals surface area (Å²) in [6.45, 7) is 0. The molecule has 0 spiro atoms. The van der Waals surface area contributed by atoms with Crippen molar-refractivity contribution in [1.82, 2.24) is 0 Å². The zero-order chi connectivity index (χ0) is 7.84. The van der Waals surface area contributed by atoms with Gasteiger partial charge in [-0.15, -0.1) is 0 Å². The zero-order valence-electron chi connectivity index (χ0n) is 6.00. The Bertz CT molecular complexity index is 272. The summed E-state index contributed by atoms with van der Waals surface area (Å²) in [5.74, 6) is -0.0349. The van der Waals surface area contributed by atoms with E-state index in [9.17, 15) is 4.39 Å². The molecule has 2 heteroatoms. The topological polar surface area (TPSA) is 20.2 Å². The average molecular weight is 152 g/mol. The molecule has 0 aromatic heterocycles. The quantitative estimate of drug-likeness (QED) is 0.649. The average Bonchev–Trinajstić information content (AvgIpc) is 2.67. The van der Waals surface area contributed by atoms with Crippen LogP contribution in [0.2, 0.25) is 0 Å². The van der Waals surface area contributed by atoms with Gasteiger partial charge >= 0.3 is 0 Å². The van der Waals surface area contributed by atoms with Gasteiger partial charge in [-0.05, 0) is 24.1 Å². The lowest BCUT2D eigenvalue weighted by Crippen LogP contribution is -1.86. The van der Waals surface area contributed by atoms with Gasteiger partial charge in [0.15, 0.2) is 0 Å². The van der Waals surface area contributed by atoms with Crippen LogP contribution in [0, 0.1) is 5.82 Å². The van der Waals surface area contributed by atoms with Crippen LogP contribution in [0.3, 0.4) is 0 Å². The molecule has 0 radical (unpaired) electrons. The number of hydrogen-bond acceptors (Lipinski definition) is 1. The van der Waals surface area contributed by atoms with Crippen LogP contribution in [0.5, 0.6) is 0 Å². The van der Waals surface area contributed by atoms with E-state index in [1.54, 1.807) is 6.07 Å². The molecular formula is C9H9FO. The highest BCUT2D eigenvalue weighted by molar-refractivity contribution is 5.26. The van der Waals surface area contributed by atoms with Crippen molar-refractivity contribution in [1.29, 1.82) is 0 Å². The van der Waals surface area contributed by atoms with Crippen LogP contribution in [-0.4, -0.2) is 11.2 Å². The van der Waals surface area contributed by atoms with Crippen LogP contribution in [0.15, 0.2) is 24.3 Å². The second-order valence-electron chi connectivity index (χ2n) is 2.96. The summed E-state index contributed by atoms with van der Waals surface area (Å²) in [6.07, 6.45) is 0.542. The van der Waals surface area contributed by atoms with Gasteiger partial charge in [-0.2, -0.15) is 0 Å². The first-order valence-electron chi connectivity index (χ1n) is 3.71. The molecule has 1 fully saturated rings. The van der Waals surface area contributed by atoms with Crippen LogP contribution in [0.4, 0.5) is 4.39 Å². The molecule has 0 bridgehead atoms. The predicted molar refractivity (Wildman–Crippen MR) is 39.8 cm³/mol. The summed E-state index contributed by atoms with van der Waals surface area (Å²) in [4.78, 5) is 0. The van der Waals surface area contributed by atoms with Crippen molar-refractivity contribution in [2.75, 3.05) is 0 Å². The van der Waals surface area contributed by atoms with Crippen molar-refractivity contribution in [3.05, 3.63) is 35.6 Å². The minimum Gasteiger partial charge on any atom is -0.392 e. The molecule has 2 unspecified atom stereocenters. The Labute approximate surface area is 64.5 Å². The Balaban J connectivity index is 2.25. The monoisotopic (exact) mass is 152 g/mol. The summed E-state index contributed by atoms with van der Waals surface area (Å²) in [5.41, 5.74) is 0.914. The van der Waals surface area contributed by atoms with Crippen molar-refractivity contribution < 1.29 is 9.50 Å². The van der Waals surface area contributed by atoms with E-state index in [1.165, 1.54) is 12.1 Å². The second kappa shape index (κ2) is 2.31. The van der Waals surface area contributed by atoms with Crippen LogP contribution in [-0.2, 0) is 0 Å². The second-order valence-corrected chi connectivity index (χ2v) is 2.96. The van der Waals surface area contributed by atoms with Gasteiger partial charge in [-0.25, -0.2) is 4.39 Å². The van der Waals surface area contributed by atoms with Gasteiger partial charge in [0.1, 0.15) is 5.82 Å². The third-order valence-electron chi connectivity index (χ3n) is 2.03. The van der Waals surface area contributed by atoms with E-state index < -0.39 is 0 Å². The first kappa shape index (κ1) is 6.80. The summed E-state index contributed by atoms with van der Waals surface area (Å²) >= 11 is 0. The number of benzene rings is 1. The van der Waals surface area contributed by atoms with Crippen LogP contribution < -0.4 is 0 Å². The van der Waals surface area contributed by atoms with E-state index >= 15 is 0 Å². The van der Waals surface area contributed by atoms with Crippen LogP contribution in [0.25, 0.3) is 0 Å². The fourth-order valence-electron chi connectivity index (χ4n) is 1.28. The maximum Gasteiger partial charge on any atom is 0.123 e. The van der Waals surface area contributed by atoms with E-state index in [2.05, 4.69) is 0 Å². The normalized spacial score (nSPS) is 28.5. The first-order chi connectivity index (χ1) is 5.27. The number of aliphatic hydroxyl groups excluding tert-OH is 1. The third-order valence-corrected chi connectivity index (χ3v) is 2.03. The molecule has 0 aliphatic heterocycles. The van der Waals surface area contributed by atoms with Crippen molar-refractivity contribution in [2.24, 2.45) is 0 Å². The lowest BCUT2D eigenvalue weighted by atomic mass is 10.1. The molecule has 1 saturated carbocycles. The van der Waals surface area contributed by atoms with Gasteiger partial charge in [0.25, 0.3) is 0 Å². The maximum atomic E-state index is 12.6. The summed E-state index contributed by atoms with van der Waals surface area (Å²) in [7, 11) is 0. The molecule has 1 aromatic carbocycles. The molecule has 1 aliphatic rings. The molecule has 0 amide bonds. The van der Waals surface area contributed by atoms with Gasteiger partial charge in [0.05, 0.1) is 6.10 Å². The molecule has 2 atom stereocenters. The fourth-order valence-corrected chi connectivity index (χ4v) is 1.28. The Morgan fingerprint density at radius 2 is 2.18 bits per heavy atom. The number of hydrogen-bond donors (Lipinski definition) is 1. The minimum atomic E-state index is -0.239. The van der Waals surface area contributed by atoms with E-state index in [-0.39, 0.29) is 17.8 Å². The maximum absolute atomic E-state index is 12.6. The summed E-state index contributed by atoms with van der Waals surface area (Å²) in [5, 5.41) is 9.05. The van der Waals surface area contributed by atoms with E-state index in [0.29, 0.717) is 0 Å². The molecular weight excluding hydrogens is 143 g/mol. The van der Waals surface area contributed by atoms with Gasteiger partial charge in [-0.3, -0.25) is 0 Å². The highest BCUT2D eigenvalue weighted by Gasteiger charge is 2.36. The standard InChI is InChI=1S/C9H9FO/c10-7-3-1-2-6(4-7)8-5-9(8)11/h1-4,8-9,11H,5H2. The minimum absolute atomic E-state index is 0.186. The molecule has 1 aromatic rings. The van der Waals surface area contributed by atoms with Crippen molar-refractivity contribution >= 4 is 0 Å². The van der Waals surface area contributed by atoms with Crippen LogP contribution in [0.1, 0.15) is 17.9 Å². The largest absolute Gasteiger partial charge is 0.392 e. The molecule has 58 valence electrons. The first-order valence-corrected chi connectivity index (χ1v) is 3.71.